The molecule has 0 radical (unpaired) electrons. The van der Waals surface area contributed by atoms with Gasteiger partial charge in [-0.3, -0.25) is 0 Å². The SMILES string of the molecule is O=S(=O)(OS1(C(F)(F)F)C(C2CCCC2)=Cc2ccc(F)cc21)C(F)(F)F. The van der Waals surface area contributed by atoms with Gasteiger partial charge in [0, 0.05) is 20.1 Å². The van der Waals surface area contributed by atoms with Crippen LogP contribution in [0.1, 0.15) is 31.2 Å². The number of hydrogen-bond donors (Lipinski definition) is 0. The van der Waals surface area contributed by atoms with Crippen molar-refractivity contribution in [3.63, 3.8) is 0 Å². The van der Waals surface area contributed by atoms with Crippen molar-refractivity contribution in [3.05, 3.63) is 34.5 Å². The molecule has 1 heterocycles. The zero-order valence-corrected chi connectivity index (χ0v) is 15.0. The molecule has 1 fully saturated rings. The summed E-state index contributed by atoms with van der Waals surface area (Å²) in [5.74, 6) is -1.93. The number of allylic oxidation sites excluding steroid dienone is 1. The molecule has 27 heavy (non-hydrogen) atoms. The fourth-order valence-corrected chi connectivity index (χ4v) is 8.15. The minimum atomic E-state index is -6.59. The van der Waals surface area contributed by atoms with Gasteiger partial charge in [0.1, 0.15) is 5.82 Å². The van der Waals surface area contributed by atoms with Crippen molar-refractivity contribution < 1.29 is 42.8 Å². The van der Waals surface area contributed by atoms with Gasteiger partial charge >= 0.3 is 21.1 Å². The van der Waals surface area contributed by atoms with Crippen LogP contribution in [0.2, 0.25) is 0 Å². The van der Waals surface area contributed by atoms with Gasteiger partial charge in [0.2, 0.25) is 0 Å². The van der Waals surface area contributed by atoms with Gasteiger partial charge in [-0.15, -0.1) is 0 Å². The van der Waals surface area contributed by atoms with Crippen LogP contribution >= 0.6 is 10.3 Å². The van der Waals surface area contributed by atoms with Crippen molar-refractivity contribution in [1.82, 2.24) is 0 Å². The molecule has 1 atom stereocenters. The molecule has 0 bridgehead atoms. The van der Waals surface area contributed by atoms with E-state index in [0.717, 1.165) is 18.2 Å². The summed E-state index contributed by atoms with van der Waals surface area (Å²) in [6, 6.07) is 2.23. The van der Waals surface area contributed by atoms with Crippen molar-refractivity contribution >= 4 is 26.5 Å². The standard InChI is InChI=1S/C15H13F7O3S2/c16-11-6-5-10-7-12(9-3-1-2-4-9)26(13(10)8-11,14(17,18)19)25-27(23,24)15(20,21)22/h5-9H,1-4H2. The molecule has 3 rings (SSSR count). The van der Waals surface area contributed by atoms with Crippen LogP contribution in [0.25, 0.3) is 6.08 Å². The fourth-order valence-electron chi connectivity index (χ4n) is 3.35. The maximum Gasteiger partial charge on any atom is 0.523 e. The second-order valence-electron chi connectivity index (χ2n) is 6.18. The third kappa shape index (κ3) is 3.25. The lowest BCUT2D eigenvalue weighted by atomic mass is 10.1. The Bertz CT molecular complexity index is 884. The Hall–Kier alpha value is -1.27. The Morgan fingerprint density at radius 1 is 1.04 bits per heavy atom. The highest BCUT2D eigenvalue weighted by atomic mass is 32.3. The van der Waals surface area contributed by atoms with E-state index in [-0.39, 0.29) is 18.4 Å². The average molecular weight is 438 g/mol. The Morgan fingerprint density at radius 2 is 1.63 bits per heavy atom. The second kappa shape index (κ2) is 6.38. The van der Waals surface area contributed by atoms with Crippen LogP contribution in [0, 0.1) is 11.7 Å². The molecule has 1 aromatic rings. The molecule has 1 aliphatic carbocycles. The normalized spacial score (nSPS) is 26.6. The van der Waals surface area contributed by atoms with Crippen molar-refractivity contribution in [2.45, 2.75) is 41.6 Å². The predicted octanol–water partition coefficient (Wildman–Crippen LogP) is 5.83. The summed E-state index contributed by atoms with van der Waals surface area (Å²) in [5.41, 5.74) is -11.7. The molecule has 1 unspecified atom stereocenters. The number of rotatable bonds is 3. The largest absolute Gasteiger partial charge is 0.523 e. The van der Waals surface area contributed by atoms with E-state index in [2.05, 4.69) is 3.63 Å². The summed E-state index contributed by atoms with van der Waals surface area (Å²) in [4.78, 5) is -1.47. The summed E-state index contributed by atoms with van der Waals surface area (Å²) in [5, 5.41) is 0. The van der Waals surface area contributed by atoms with E-state index >= 15 is 0 Å². The summed E-state index contributed by atoms with van der Waals surface area (Å²) >= 11 is 0. The third-order valence-electron chi connectivity index (χ3n) is 4.47. The number of fused-ring (bicyclic) bond motifs is 1. The first-order valence-corrected chi connectivity index (χ1v) is 10.7. The molecule has 12 heteroatoms. The molecule has 0 amide bonds. The van der Waals surface area contributed by atoms with E-state index in [4.69, 9.17) is 0 Å². The van der Waals surface area contributed by atoms with Crippen LogP contribution in [-0.2, 0) is 13.7 Å². The number of alkyl halides is 6. The summed E-state index contributed by atoms with van der Waals surface area (Å²) < 4.78 is 122. The first-order chi connectivity index (χ1) is 12.3. The first kappa shape index (κ1) is 20.5. The highest BCUT2D eigenvalue weighted by molar-refractivity contribution is 8.37. The van der Waals surface area contributed by atoms with Gasteiger partial charge in [-0.25, -0.2) is 4.39 Å². The molecule has 2 aliphatic rings. The fraction of sp³-hybridized carbons (Fsp3) is 0.467. The van der Waals surface area contributed by atoms with Crippen molar-refractivity contribution in [1.29, 1.82) is 0 Å². The van der Waals surface area contributed by atoms with Gasteiger partial charge in [0.05, 0.1) is 0 Å². The number of halogens is 7. The monoisotopic (exact) mass is 438 g/mol. The first-order valence-electron chi connectivity index (χ1n) is 7.73. The Labute approximate surface area is 151 Å². The predicted molar refractivity (Wildman–Crippen MR) is 84.3 cm³/mol. The van der Waals surface area contributed by atoms with Crippen LogP contribution in [0.5, 0.6) is 0 Å². The van der Waals surface area contributed by atoms with Crippen LogP contribution in [0.4, 0.5) is 30.7 Å². The minimum Gasteiger partial charge on any atom is -0.207 e. The minimum absolute atomic E-state index is 0.192. The molecule has 0 spiro atoms. The maximum absolute atomic E-state index is 14.2. The zero-order valence-electron chi connectivity index (χ0n) is 13.4. The Balaban J connectivity index is 2.28. The Kier molecular flexibility index (Phi) is 4.83. The molecule has 0 aromatic heterocycles. The lowest BCUT2D eigenvalue weighted by Crippen LogP contribution is -2.33. The summed E-state index contributed by atoms with van der Waals surface area (Å²) in [6.45, 7) is 0. The highest BCUT2D eigenvalue weighted by Gasteiger charge is 2.65. The molecule has 1 aliphatic heterocycles. The molecule has 1 saturated carbocycles. The molecule has 0 N–H and O–H groups in total. The molecule has 3 nitrogen and oxygen atoms in total. The van der Waals surface area contributed by atoms with Crippen molar-refractivity contribution in [2.75, 3.05) is 0 Å². The van der Waals surface area contributed by atoms with Gasteiger partial charge in [-0.1, -0.05) is 18.9 Å². The van der Waals surface area contributed by atoms with Crippen LogP contribution in [0.3, 0.4) is 0 Å². The highest BCUT2D eigenvalue weighted by Crippen LogP contribution is 2.80. The van der Waals surface area contributed by atoms with Crippen molar-refractivity contribution in [3.8, 4) is 0 Å². The number of benzene rings is 1. The Morgan fingerprint density at radius 3 is 2.15 bits per heavy atom. The average Bonchev–Trinajstić information content (AvgIpc) is 3.12. The molecule has 1 aromatic carbocycles. The van der Waals surface area contributed by atoms with Gasteiger partial charge in [0.25, 0.3) is 0 Å². The second-order valence-corrected chi connectivity index (χ2v) is 10.6. The molecule has 0 saturated heterocycles. The van der Waals surface area contributed by atoms with E-state index in [1.807, 2.05) is 0 Å². The quantitative estimate of drug-likeness (QED) is 0.440. The van der Waals surface area contributed by atoms with E-state index in [0.29, 0.717) is 18.9 Å². The molecule has 152 valence electrons. The van der Waals surface area contributed by atoms with Crippen LogP contribution in [0.15, 0.2) is 28.0 Å². The maximum atomic E-state index is 14.2. The van der Waals surface area contributed by atoms with Crippen LogP contribution < -0.4 is 0 Å². The summed E-state index contributed by atoms with van der Waals surface area (Å²) in [7, 11) is -11.7. The van der Waals surface area contributed by atoms with Crippen LogP contribution in [-0.4, -0.2) is 19.4 Å². The van der Waals surface area contributed by atoms with Gasteiger partial charge in [-0.05, 0) is 42.5 Å². The van der Waals surface area contributed by atoms with E-state index in [1.54, 1.807) is 0 Å². The topological polar surface area (TPSA) is 43.4 Å². The lowest BCUT2D eigenvalue weighted by molar-refractivity contribution is -0.0547. The van der Waals surface area contributed by atoms with Gasteiger partial charge < -0.3 is 0 Å². The molecular formula is C15H13F7O3S2. The molecular weight excluding hydrogens is 425 g/mol. The van der Waals surface area contributed by atoms with Gasteiger partial charge in [0.15, 0.2) is 0 Å². The lowest BCUT2D eigenvalue weighted by Gasteiger charge is -2.41. The van der Waals surface area contributed by atoms with E-state index in [9.17, 15) is 39.2 Å². The zero-order chi connectivity index (χ0) is 20.3. The summed E-state index contributed by atoms with van der Waals surface area (Å²) in [6.07, 6.45) is 2.60. The third-order valence-corrected chi connectivity index (χ3v) is 9.31. The number of hydrogen-bond acceptors (Lipinski definition) is 3. The van der Waals surface area contributed by atoms with Crippen molar-refractivity contribution in [2.24, 2.45) is 5.92 Å². The van der Waals surface area contributed by atoms with Gasteiger partial charge in [-0.2, -0.15) is 38.4 Å². The van der Waals surface area contributed by atoms with E-state index in [1.165, 1.54) is 0 Å². The smallest absolute Gasteiger partial charge is 0.207 e. The van der Waals surface area contributed by atoms with E-state index < -0.39 is 53.0 Å².